The Morgan fingerprint density at radius 1 is 1.39 bits per heavy atom. The molecule has 1 saturated carbocycles. The molecule has 0 N–H and O–H groups in total. The molecule has 18 heavy (non-hydrogen) atoms. The van der Waals surface area contributed by atoms with Crippen LogP contribution in [0.5, 0.6) is 0 Å². The van der Waals surface area contributed by atoms with Gasteiger partial charge in [-0.05, 0) is 53.9 Å². The quantitative estimate of drug-likeness (QED) is 0.588. The van der Waals surface area contributed by atoms with Crippen LogP contribution in [-0.4, -0.2) is 23.9 Å². The largest absolute Gasteiger partial charge is 0.302 e. The van der Waals surface area contributed by atoms with Crippen LogP contribution < -0.4 is 0 Å². The van der Waals surface area contributed by atoms with Gasteiger partial charge in [-0.3, -0.25) is 0 Å². The van der Waals surface area contributed by atoms with Gasteiger partial charge in [-0.15, -0.1) is 11.6 Å². The minimum Gasteiger partial charge on any atom is -0.302 e. The fraction of sp³-hybridized carbons (Fsp3) is 0.538. The SMILES string of the molecule is CN(Cc1c(F)ccc(Br)c1F)CC1CC(Cl)C1. The lowest BCUT2D eigenvalue weighted by molar-refractivity contribution is 0.200. The standard InChI is InChI=1S/C13H15BrClF2N/c1-18(6-8-4-9(15)5-8)7-10-12(16)3-2-11(14)13(10)17/h2-3,8-9H,4-7H2,1H3. The maximum absolute atomic E-state index is 13.8. The van der Waals surface area contributed by atoms with Gasteiger partial charge in [0.25, 0.3) is 0 Å². The first-order chi connectivity index (χ1) is 8.47. The number of hydrogen-bond acceptors (Lipinski definition) is 1. The molecule has 1 aromatic carbocycles. The monoisotopic (exact) mass is 337 g/mol. The lowest BCUT2D eigenvalue weighted by atomic mass is 9.84. The molecule has 0 amide bonds. The van der Waals surface area contributed by atoms with E-state index in [9.17, 15) is 8.78 Å². The number of benzene rings is 1. The van der Waals surface area contributed by atoms with Crippen molar-refractivity contribution in [3.63, 3.8) is 0 Å². The van der Waals surface area contributed by atoms with Crippen molar-refractivity contribution in [3.8, 4) is 0 Å². The lowest BCUT2D eigenvalue weighted by Gasteiger charge is -2.34. The van der Waals surface area contributed by atoms with Crippen LogP contribution in [-0.2, 0) is 6.54 Å². The number of halogens is 4. The Morgan fingerprint density at radius 2 is 2.06 bits per heavy atom. The third-order valence-corrected chi connectivity index (χ3v) is 4.28. The van der Waals surface area contributed by atoms with E-state index in [-0.39, 0.29) is 17.5 Å². The highest BCUT2D eigenvalue weighted by Crippen LogP contribution is 2.32. The zero-order chi connectivity index (χ0) is 13.3. The predicted molar refractivity (Wildman–Crippen MR) is 72.8 cm³/mol. The molecule has 0 radical (unpaired) electrons. The highest BCUT2D eigenvalue weighted by atomic mass is 79.9. The first kappa shape index (κ1) is 14.2. The van der Waals surface area contributed by atoms with Gasteiger partial charge in [-0.25, -0.2) is 8.78 Å². The highest BCUT2D eigenvalue weighted by Gasteiger charge is 2.28. The molecule has 1 aromatic rings. The maximum Gasteiger partial charge on any atom is 0.144 e. The Morgan fingerprint density at radius 3 is 2.67 bits per heavy atom. The van der Waals surface area contributed by atoms with Crippen molar-refractivity contribution in [2.45, 2.75) is 24.8 Å². The average molecular weight is 339 g/mol. The molecule has 0 heterocycles. The molecule has 5 heteroatoms. The summed E-state index contributed by atoms with van der Waals surface area (Å²) in [5.41, 5.74) is 0.119. The lowest BCUT2D eigenvalue weighted by Crippen LogP contribution is -2.34. The average Bonchev–Trinajstić information content (AvgIpc) is 2.28. The summed E-state index contributed by atoms with van der Waals surface area (Å²) in [4.78, 5) is 1.95. The molecule has 0 bridgehead atoms. The summed E-state index contributed by atoms with van der Waals surface area (Å²) in [6.07, 6.45) is 1.99. The van der Waals surface area contributed by atoms with Crippen LogP contribution in [0.4, 0.5) is 8.78 Å². The Kier molecular flexibility index (Phi) is 4.62. The number of rotatable bonds is 4. The summed E-state index contributed by atoms with van der Waals surface area (Å²) in [5.74, 6) is -0.451. The molecule has 0 spiro atoms. The topological polar surface area (TPSA) is 3.24 Å². The molecule has 0 atom stereocenters. The maximum atomic E-state index is 13.8. The smallest absolute Gasteiger partial charge is 0.144 e. The molecule has 2 rings (SSSR count). The Bertz CT molecular complexity index is 435. The van der Waals surface area contributed by atoms with E-state index >= 15 is 0 Å². The molecule has 1 aliphatic rings. The van der Waals surface area contributed by atoms with Crippen molar-refractivity contribution in [1.29, 1.82) is 0 Å². The molecule has 0 aliphatic heterocycles. The molecule has 1 fully saturated rings. The second kappa shape index (κ2) is 5.85. The Balaban J connectivity index is 1.98. The third kappa shape index (κ3) is 3.22. The van der Waals surface area contributed by atoms with E-state index in [4.69, 9.17) is 11.6 Å². The molecule has 0 saturated heterocycles. The molecule has 1 aliphatic carbocycles. The fourth-order valence-corrected chi connectivity index (χ4v) is 3.17. The molecular weight excluding hydrogens is 324 g/mol. The van der Waals surface area contributed by atoms with E-state index in [0.29, 0.717) is 10.4 Å². The van der Waals surface area contributed by atoms with Crippen LogP contribution in [0.15, 0.2) is 16.6 Å². The van der Waals surface area contributed by atoms with Crippen molar-refractivity contribution in [1.82, 2.24) is 4.90 Å². The van der Waals surface area contributed by atoms with E-state index in [2.05, 4.69) is 15.9 Å². The molecular formula is C13H15BrClF2N. The van der Waals surface area contributed by atoms with Crippen molar-refractivity contribution in [2.75, 3.05) is 13.6 Å². The first-order valence-electron chi connectivity index (χ1n) is 5.92. The summed E-state index contributed by atoms with van der Waals surface area (Å²) in [6, 6.07) is 2.67. The van der Waals surface area contributed by atoms with E-state index in [0.717, 1.165) is 19.4 Å². The predicted octanol–water partition coefficient (Wildman–Crippen LogP) is 4.18. The van der Waals surface area contributed by atoms with Gasteiger partial charge in [0.05, 0.1) is 4.47 Å². The van der Waals surface area contributed by atoms with Crippen LogP contribution in [0, 0.1) is 17.6 Å². The second-order valence-corrected chi connectivity index (χ2v) is 6.42. The minimum atomic E-state index is -0.509. The summed E-state index contributed by atoms with van der Waals surface area (Å²) in [7, 11) is 1.88. The van der Waals surface area contributed by atoms with Crippen molar-refractivity contribution in [2.24, 2.45) is 5.92 Å². The first-order valence-corrected chi connectivity index (χ1v) is 7.15. The second-order valence-electron chi connectivity index (χ2n) is 4.95. The van der Waals surface area contributed by atoms with Crippen molar-refractivity contribution in [3.05, 3.63) is 33.8 Å². The summed E-state index contributed by atoms with van der Waals surface area (Å²) in [5, 5.41) is 0.280. The minimum absolute atomic E-state index is 0.119. The molecule has 0 unspecified atom stereocenters. The van der Waals surface area contributed by atoms with E-state index in [1.807, 2.05) is 11.9 Å². The third-order valence-electron chi connectivity index (χ3n) is 3.31. The van der Waals surface area contributed by atoms with Gasteiger partial charge in [0, 0.05) is 24.0 Å². The van der Waals surface area contributed by atoms with Crippen LogP contribution in [0.2, 0.25) is 0 Å². The van der Waals surface area contributed by atoms with Crippen LogP contribution in [0.1, 0.15) is 18.4 Å². The molecule has 1 nitrogen and oxygen atoms in total. The fourth-order valence-electron chi connectivity index (χ4n) is 2.29. The van der Waals surface area contributed by atoms with Gasteiger partial charge >= 0.3 is 0 Å². The number of nitrogens with zero attached hydrogens (tertiary/aromatic N) is 1. The Hall–Kier alpha value is -0.190. The Labute approximate surface area is 119 Å². The van der Waals surface area contributed by atoms with E-state index in [1.54, 1.807) is 0 Å². The normalized spacial score (nSPS) is 23.2. The van der Waals surface area contributed by atoms with Gasteiger partial charge in [-0.1, -0.05) is 0 Å². The van der Waals surface area contributed by atoms with Crippen LogP contribution >= 0.6 is 27.5 Å². The summed E-state index contributed by atoms with van der Waals surface area (Å²) < 4.78 is 27.7. The summed E-state index contributed by atoms with van der Waals surface area (Å²) in [6.45, 7) is 1.11. The van der Waals surface area contributed by atoms with Gasteiger partial charge < -0.3 is 4.90 Å². The van der Waals surface area contributed by atoms with Crippen molar-refractivity contribution >= 4 is 27.5 Å². The van der Waals surface area contributed by atoms with Crippen LogP contribution in [0.3, 0.4) is 0 Å². The van der Waals surface area contributed by atoms with Crippen LogP contribution in [0.25, 0.3) is 0 Å². The molecule has 0 aromatic heterocycles. The van der Waals surface area contributed by atoms with E-state index < -0.39 is 11.6 Å². The number of alkyl halides is 1. The van der Waals surface area contributed by atoms with Crippen molar-refractivity contribution < 1.29 is 8.78 Å². The van der Waals surface area contributed by atoms with E-state index in [1.165, 1.54) is 12.1 Å². The van der Waals surface area contributed by atoms with Gasteiger partial charge in [-0.2, -0.15) is 0 Å². The van der Waals surface area contributed by atoms with Gasteiger partial charge in [0.2, 0.25) is 0 Å². The van der Waals surface area contributed by atoms with Gasteiger partial charge in [0.15, 0.2) is 0 Å². The molecule has 100 valence electrons. The highest BCUT2D eigenvalue weighted by molar-refractivity contribution is 9.10. The number of hydrogen-bond donors (Lipinski definition) is 0. The zero-order valence-corrected chi connectivity index (χ0v) is 12.4. The van der Waals surface area contributed by atoms with Gasteiger partial charge in [0.1, 0.15) is 11.6 Å². The zero-order valence-electron chi connectivity index (χ0n) is 10.1. The summed E-state index contributed by atoms with van der Waals surface area (Å²) >= 11 is 8.99.